The Morgan fingerprint density at radius 1 is 1.11 bits per heavy atom. The van der Waals surface area contributed by atoms with Crippen molar-refractivity contribution in [2.45, 2.75) is 57.8 Å². The lowest BCUT2D eigenvalue weighted by molar-refractivity contribution is 0.00578. The van der Waals surface area contributed by atoms with E-state index in [1.54, 1.807) is 6.20 Å². The number of anilines is 1. The number of pyridine rings is 1. The van der Waals surface area contributed by atoms with Crippen molar-refractivity contribution in [1.29, 1.82) is 0 Å². The van der Waals surface area contributed by atoms with Crippen LogP contribution < -0.4 is 11.2 Å². The van der Waals surface area contributed by atoms with Crippen LogP contribution in [0, 0.1) is 0 Å². The summed E-state index contributed by atoms with van der Waals surface area (Å²) in [4.78, 5) is 4.38. The zero-order chi connectivity index (χ0) is 19.2. The molecule has 0 unspecified atom stereocenters. The monoisotopic (exact) mass is 368 g/mol. The van der Waals surface area contributed by atoms with Gasteiger partial charge in [-0.2, -0.15) is 5.10 Å². The molecule has 0 saturated carbocycles. The van der Waals surface area contributed by atoms with Gasteiger partial charge in [0.2, 0.25) is 0 Å². The van der Waals surface area contributed by atoms with Crippen LogP contribution in [0.3, 0.4) is 0 Å². The topological polar surface area (TPSA) is 89.3 Å². The lowest BCUT2D eigenvalue weighted by Crippen LogP contribution is -2.41. The van der Waals surface area contributed by atoms with E-state index in [-0.39, 0.29) is 0 Å². The number of nitrogens with two attached hydrogens (primary N) is 1. The molecule has 4 rings (SSSR count). The Balaban J connectivity index is 1.61. The second-order valence-electron chi connectivity index (χ2n) is 8.40. The summed E-state index contributed by atoms with van der Waals surface area (Å²) in [5.41, 5.74) is 8.04. The molecule has 2 aliphatic rings. The summed E-state index contributed by atoms with van der Waals surface area (Å²) in [5.74, 6) is 0.429. The Morgan fingerprint density at radius 3 is 2.44 bits per heavy atom. The molecule has 2 aromatic heterocycles. The van der Waals surface area contributed by atoms with Crippen LogP contribution in [0.1, 0.15) is 46.6 Å². The van der Waals surface area contributed by atoms with Crippen LogP contribution in [-0.2, 0) is 9.31 Å². The number of hydrogen-bond donors (Lipinski definition) is 1. The molecule has 0 aliphatic carbocycles. The molecule has 0 amide bonds. The molecule has 2 N–H and O–H groups in total. The average molecular weight is 368 g/mol. The van der Waals surface area contributed by atoms with Crippen LogP contribution in [-0.4, -0.2) is 46.2 Å². The van der Waals surface area contributed by atoms with Gasteiger partial charge in [-0.1, -0.05) is 0 Å². The zero-order valence-electron chi connectivity index (χ0n) is 16.5. The van der Waals surface area contributed by atoms with Crippen LogP contribution in [0.15, 0.2) is 24.7 Å². The van der Waals surface area contributed by atoms with Crippen LogP contribution in [0.4, 0.5) is 5.82 Å². The molecule has 0 atom stereocenters. The number of rotatable bonds is 3. The summed E-state index contributed by atoms with van der Waals surface area (Å²) in [6.07, 6.45) is 7.83. The van der Waals surface area contributed by atoms with E-state index < -0.39 is 18.3 Å². The van der Waals surface area contributed by atoms with Crippen LogP contribution in [0.5, 0.6) is 0 Å². The molecule has 2 saturated heterocycles. The van der Waals surface area contributed by atoms with E-state index in [4.69, 9.17) is 15.0 Å². The average Bonchev–Trinajstić information content (AvgIpc) is 3.19. The van der Waals surface area contributed by atoms with Gasteiger partial charge >= 0.3 is 7.12 Å². The van der Waals surface area contributed by atoms with Gasteiger partial charge in [0, 0.05) is 35.0 Å². The first-order valence-electron chi connectivity index (χ1n) is 9.56. The normalized spacial score (nSPS) is 22.3. The van der Waals surface area contributed by atoms with Gasteiger partial charge in [-0.25, -0.2) is 4.98 Å². The van der Waals surface area contributed by atoms with Gasteiger partial charge < -0.3 is 20.4 Å². The molecule has 2 aromatic rings. The number of aromatic nitrogens is 3. The zero-order valence-corrected chi connectivity index (χ0v) is 16.5. The Labute approximate surface area is 160 Å². The maximum absolute atomic E-state index is 6.15. The van der Waals surface area contributed by atoms with E-state index in [0.717, 1.165) is 42.5 Å². The van der Waals surface area contributed by atoms with Crippen molar-refractivity contribution in [3.8, 4) is 11.1 Å². The van der Waals surface area contributed by atoms with Gasteiger partial charge in [0.1, 0.15) is 5.82 Å². The minimum atomic E-state index is -0.530. The highest BCUT2D eigenvalue weighted by molar-refractivity contribution is 6.63. The fourth-order valence-electron chi connectivity index (χ4n) is 3.50. The summed E-state index contributed by atoms with van der Waals surface area (Å²) in [6.45, 7) is 9.94. The van der Waals surface area contributed by atoms with E-state index in [1.165, 1.54) is 0 Å². The maximum Gasteiger partial charge on any atom is 0.498 e. The Hall–Kier alpha value is -1.90. The van der Waals surface area contributed by atoms with Crippen molar-refractivity contribution in [3.05, 3.63) is 30.0 Å². The molecule has 0 aromatic carbocycles. The Bertz CT molecular complexity index is 813. The fraction of sp³-hybridized carbons (Fsp3) is 0.579. The molecule has 27 heavy (non-hydrogen) atoms. The number of nitrogens with zero attached hydrogens (tertiary/aromatic N) is 4. The molecule has 4 heterocycles. The standard InChI is InChI=1S/C19H27BN5O2/c1-18(2)19(3,4)27-20(26-18)16-9-13(10-23-17(16)21)14-11-24-25(12-14)15-5-7-22-8-6-15/h9-12,15H,5-8H2,1-4H3,(H2,21,23)/q-1. The first-order chi connectivity index (χ1) is 12.8. The van der Waals surface area contributed by atoms with Gasteiger partial charge in [0.25, 0.3) is 0 Å². The van der Waals surface area contributed by atoms with E-state index in [2.05, 4.69) is 26.3 Å². The molecule has 7 nitrogen and oxygen atoms in total. The third-order valence-corrected chi connectivity index (χ3v) is 6.01. The van der Waals surface area contributed by atoms with Crippen LogP contribution in [0.25, 0.3) is 16.4 Å². The quantitative estimate of drug-likeness (QED) is 0.841. The molecule has 0 radical (unpaired) electrons. The van der Waals surface area contributed by atoms with Gasteiger partial charge in [-0.05, 0) is 46.6 Å². The van der Waals surface area contributed by atoms with Crippen molar-refractivity contribution in [2.24, 2.45) is 0 Å². The molecule has 8 heteroatoms. The van der Waals surface area contributed by atoms with Gasteiger partial charge in [0.15, 0.2) is 0 Å². The SMILES string of the molecule is CC1(C)OB(c2cc(-c3cnn(C4CC[N-]CC4)c3)cnc2N)OC1(C)C. The first kappa shape index (κ1) is 18.5. The van der Waals surface area contributed by atoms with Gasteiger partial charge in [-0.3, -0.25) is 4.68 Å². The smallest absolute Gasteiger partial charge is 0.498 e. The van der Waals surface area contributed by atoms with E-state index in [0.29, 0.717) is 11.9 Å². The van der Waals surface area contributed by atoms with E-state index >= 15 is 0 Å². The molecular weight excluding hydrogens is 341 g/mol. The van der Waals surface area contributed by atoms with Crippen molar-refractivity contribution < 1.29 is 9.31 Å². The summed E-state index contributed by atoms with van der Waals surface area (Å²) in [7, 11) is -0.530. The van der Waals surface area contributed by atoms with Gasteiger partial charge in [-0.15, -0.1) is 13.1 Å². The molecule has 0 bridgehead atoms. The number of hydrogen-bond acceptors (Lipinski definition) is 5. The van der Waals surface area contributed by atoms with E-state index in [1.807, 2.05) is 40.0 Å². The van der Waals surface area contributed by atoms with Crippen molar-refractivity contribution >= 4 is 18.4 Å². The predicted octanol–water partition coefficient (Wildman–Crippen LogP) is 2.54. The third kappa shape index (κ3) is 3.37. The Morgan fingerprint density at radius 2 is 1.78 bits per heavy atom. The van der Waals surface area contributed by atoms with E-state index in [9.17, 15) is 0 Å². The highest BCUT2D eigenvalue weighted by Gasteiger charge is 2.52. The highest BCUT2D eigenvalue weighted by atomic mass is 16.7. The van der Waals surface area contributed by atoms with Crippen LogP contribution in [0.2, 0.25) is 0 Å². The fourth-order valence-corrected chi connectivity index (χ4v) is 3.50. The van der Waals surface area contributed by atoms with Crippen molar-refractivity contribution in [2.75, 3.05) is 18.8 Å². The lowest BCUT2D eigenvalue weighted by Gasteiger charge is -2.32. The predicted molar refractivity (Wildman–Crippen MR) is 107 cm³/mol. The Kier molecular flexibility index (Phi) is 4.52. The van der Waals surface area contributed by atoms with Gasteiger partial charge in [0.05, 0.1) is 17.4 Å². The first-order valence-corrected chi connectivity index (χ1v) is 9.56. The lowest BCUT2D eigenvalue weighted by atomic mass is 9.78. The largest absolute Gasteiger partial charge is 0.662 e. The number of piperidine rings is 1. The van der Waals surface area contributed by atoms with Crippen molar-refractivity contribution in [3.63, 3.8) is 0 Å². The summed E-state index contributed by atoms with van der Waals surface area (Å²) in [5, 5.41) is 8.98. The maximum atomic E-state index is 6.15. The minimum absolute atomic E-state index is 0.417. The summed E-state index contributed by atoms with van der Waals surface area (Å²) >= 11 is 0. The minimum Gasteiger partial charge on any atom is -0.662 e. The van der Waals surface area contributed by atoms with Crippen LogP contribution >= 0.6 is 0 Å². The highest BCUT2D eigenvalue weighted by Crippen LogP contribution is 2.37. The third-order valence-electron chi connectivity index (χ3n) is 6.01. The molecule has 2 fully saturated rings. The second kappa shape index (κ2) is 6.62. The molecule has 0 spiro atoms. The molecule has 2 aliphatic heterocycles. The second-order valence-corrected chi connectivity index (χ2v) is 8.40. The number of nitrogen functional groups attached to an aromatic ring is 1. The molecular formula is C19H27BN5O2-. The van der Waals surface area contributed by atoms with Crippen molar-refractivity contribution in [1.82, 2.24) is 14.8 Å². The molecule has 144 valence electrons. The summed E-state index contributed by atoms with van der Waals surface area (Å²) in [6, 6.07) is 2.42. The summed E-state index contributed by atoms with van der Waals surface area (Å²) < 4.78 is 14.3.